The van der Waals surface area contributed by atoms with E-state index in [1.54, 1.807) is 19.9 Å². The first-order chi connectivity index (χ1) is 16.7. The van der Waals surface area contributed by atoms with Crippen molar-refractivity contribution in [2.75, 3.05) is 7.11 Å². The molecule has 0 atom stereocenters. The molecule has 0 aliphatic rings. The smallest absolute Gasteiger partial charge is 0.459 e. The molecule has 3 rings (SSSR count). The topological polar surface area (TPSA) is 103 Å². The molecule has 2 aromatic heterocycles. The monoisotopic (exact) mass is 549 g/mol. The van der Waals surface area contributed by atoms with Crippen molar-refractivity contribution in [2.24, 2.45) is 0 Å². The van der Waals surface area contributed by atoms with Gasteiger partial charge < -0.3 is 9.47 Å². The van der Waals surface area contributed by atoms with Crippen LogP contribution in [0.1, 0.15) is 28.3 Å². The first-order valence-electron chi connectivity index (χ1n) is 9.70. The Labute approximate surface area is 209 Å². The number of nitrogens with zero attached hydrogens (tertiary/aromatic N) is 5. The van der Waals surface area contributed by atoms with Gasteiger partial charge in [0.05, 0.1) is 31.1 Å². The number of nitriles is 1. The van der Waals surface area contributed by atoms with Crippen LogP contribution in [0.25, 0.3) is 0 Å². The fourth-order valence-electron chi connectivity index (χ4n) is 3.09. The highest BCUT2D eigenvalue weighted by Gasteiger charge is 2.62. The summed E-state index contributed by atoms with van der Waals surface area (Å²) in [6.07, 6.45) is -5.61. The molecule has 15 heteroatoms. The lowest BCUT2D eigenvalue weighted by Crippen LogP contribution is -2.37. The Hall–Kier alpha value is -3.50. The Bertz CT molecular complexity index is 1440. The maximum absolute atomic E-state index is 14.4. The van der Waals surface area contributed by atoms with Gasteiger partial charge in [0.1, 0.15) is 22.7 Å². The SMILES string of the molecule is COc1nc(C)nc(C)c1Cn1cnc(C(F)(F)C(F)(F)F)c(Oc2cc(Cl)cc(C#N)c2Cl)c1=O. The molecular weight excluding hydrogens is 536 g/mol. The number of aryl methyl sites for hydroxylation is 2. The molecule has 3 aromatic rings. The van der Waals surface area contributed by atoms with E-state index in [-0.39, 0.29) is 22.0 Å². The Morgan fingerprint density at radius 1 is 1.14 bits per heavy atom. The number of hydrogen-bond acceptors (Lipinski definition) is 7. The van der Waals surface area contributed by atoms with Crippen LogP contribution in [-0.4, -0.2) is 32.8 Å². The summed E-state index contributed by atoms with van der Waals surface area (Å²) in [5.41, 5.74) is -3.10. The second-order valence-electron chi connectivity index (χ2n) is 7.25. The van der Waals surface area contributed by atoms with E-state index >= 15 is 0 Å². The van der Waals surface area contributed by atoms with Crippen molar-refractivity contribution in [2.45, 2.75) is 32.5 Å². The van der Waals surface area contributed by atoms with E-state index in [1.807, 2.05) is 0 Å². The summed E-state index contributed by atoms with van der Waals surface area (Å²) in [4.78, 5) is 24.6. The molecule has 0 aliphatic heterocycles. The molecule has 36 heavy (non-hydrogen) atoms. The number of alkyl halides is 5. The summed E-state index contributed by atoms with van der Waals surface area (Å²) >= 11 is 11.9. The van der Waals surface area contributed by atoms with Crippen molar-refractivity contribution < 1.29 is 31.4 Å². The fourth-order valence-corrected chi connectivity index (χ4v) is 3.49. The van der Waals surface area contributed by atoms with E-state index < -0.39 is 46.4 Å². The average Bonchev–Trinajstić information content (AvgIpc) is 2.78. The maximum Gasteiger partial charge on any atom is 0.459 e. The van der Waals surface area contributed by atoms with Gasteiger partial charge >= 0.3 is 12.1 Å². The van der Waals surface area contributed by atoms with E-state index in [0.29, 0.717) is 22.4 Å². The van der Waals surface area contributed by atoms with Gasteiger partial charge in [0.2, 0.25) is 11.6 Å². The van der Waals surface area contributed by atoms with Gasteiger partial charge in [-0.3, -0.25) is 9.36 Å². The molecule has 0 amide bonds. The Balaban J connectivity index is 2.26. The van der Waals surface area contributed by atoms with Crippen molar-refractivity contribution in [3.05, 3.63) is 67.2 Å². The molecule has 0 aliphatic carbocycles. The van der Waals surface area contributed by atoms with Crippen molar-refractivity contribution in [3.8, 4) is 23.4 Å². The van der Waals surface area contributed by atoms with Gasteiger partial charge in [0.15, 0.2) is 5.69 Å². The van der Waals surface area contributed by atoms with Gasteiger partial charge in [-0.25, -0.2) is 9.97 Å². The molecule has 0 bridgehead atoms. The van der Waals surface area contributed by atoms with Crippen LogP contribution >= 0.6 is 23.2 Å². The lowest BCUT2D eigenvalue weighted by molar-refractivity contribution is -0.291. The Morgan fingerprint density at radius 3 is 2.39 bits per heavy atom. The van der Waals surface area contributed by atoms with Gasteiger partial charge in [-0.1, -0.05) is 23.2 Å². The molecule has 190 valence electrons. The summed E-state index contributed by atoms with van der Waals surface area (Å²) in [7, 11) is 1.29. The van der Waals surface area contributed by atoms with E-state index in [4.69, 9.17) is 37.9 Å². The van der Waals surface area contributed by atoms with Gasteiger partial charge in [-0.2, -0.15) is 32.2 Å². The van der Waals surface area contributed by atoms with E-state index in [1.165, 1.54) is 7.11 Å². The quantitative estimate of drug-likeness (QED) is 0.382. The molecule has 0 radical (unpaired) electrons. The molecule has 8 nitrogen and oxygen atoms in total. The average molecular weight is 550 g/mol. The molecule has 2 heterocycles. The number of methoxy groups -OCH3 is 1. The molecule has 0 saturated carbocycles. The number of rotatable bonds is 6. The van der Waals surface area contributed by atoms with Crippen LogP contribution in [0.2, 0.25) is 10.0 Å². The van der Waals surface area contributed by atoms with E-state index in [2.05, 4.69) is 15.0 Å². The Kier molecular flexibility index (Phi) is 7.42. The zero-order valence-corrected chi connectivity index (χ0v) is 20.1. The predicted octanol–water partition coefficient (Wildman–Crippen LogP) is 5.33. The third-order valence-electron chi connectivity index (χ3n) is 4.80. The minimum atomic E-state index is -6.11. The van der Waals surface area contributed by atoms with Crippen LogP contribution in [-0.2, 0) is 12.5 Å². The highest BCUT2D eigenvalue weighted by atomic mass is 35.5. The van der Waals surface area contributed by atoms with Gasteiger partial charge in [0, 0.05) is 16.8 Å². The fraction of sp³-hybridized carbons (Fsp3) is 0.286. The second kappa shape index (κ2) is 9.87. The van der Waals surface area contributed by atoms with E-state index in [0.717, 1.165) is 12.1 Å². The molecular formula is C21H14Cl2F5N5O3. The standard InChI is InChI=1S/C21H14Cl2F5N5O3/c1-9-13(18(35-3)32-10(2)31-9)7-33-8-30-17(20(24,25)21(26,27)28)16(19(33)34)36-14-5-12(22)4-11(6-29)15(14)23/h4-5,8H,7H2,1-3H3. The largest absolute Gasteiger partial charge is 0.481 e. The normalized spacial score (nSPS) is 11.8. The zero-order chi connectivity index (χ0) is 27.0. The van der Waals surface area contributed by atoms with Crippen molar-refractivity contribution in [1.82, 2.24) is 19.5 Å². The van der Waals surface area contributed by atoms with Crippen LogP contribution in [0.5, 0.6) is 17.4 Å². The molecule has 0 N–H and O–H groups in total. The number of benzene rings is 1. The summed E-state index contributed by atoms with van der Waals surface area (Å²) in [6.45, 7) is 2.73. The maximum atomic E-state index is 14.4. The van der Waals surface area contributed by atoms with Crippen molar-refractivity contribution in [3.63, 3.8) is 0 Å². The van der Waals surface area contributed by atoms with Crippen LogP contribution in [0, 0.1) is 25.2 Å². The number of hydrogen-bond donors (Lipinski definition) is 0. The summed E-state index contributed by atoms with van der Waals surface area (Å²) in [6, 6.07) is 3.71. The first kappa shape index (κ1) is 27.1. The predicted molar refractivity (Wildman–Crippen MR) is 117 cm³/mol. The lowest BCUT2D eigenvalue weighted by Gasteiger charge is -2.22. The summed E-state index contributed by atoms with van der Waals surface area (Å²) in [5.74, 6) is -7.27. The van der Waals surface area contributed by atoms with Crippen LogP contribution in [0.15, 0.2) is 23.3 Å². The summed E-state index contributed by atoms with van der Waals surface area (Å²) < 4.78 is 79.3. The molecule has 0 saturated heterocycles. The molecule has 0 fully saturated rings. The number of aromatic nitrogens is 4. The minimum Gasteiger partial charge on any atom is -0.481 e. The third-order valence-corrected chi connectivity index (χ3v) is 5.40. The minimum absolute atomic E-state index is 0.0515. The summed E-state index contributed by atoms with van der Waals surface area (Å²) in [5, 5.41) is 8.54. The molecule has 1 aromatic carbocycles. The zero-order valence-electron chi connectivity index (χ0n) is 18.5. The third kappa shape index (κ3) is 5.05. The van der Waals surface area contributed by atoms with Crippen molar-refractivity contribution >= 4 is 23.2 Å². The molecule has 0 unspecified atom stereocenters. The van der Waals surface area contributed by atoms with Gasteiger partial charge in [0.25, 0.3) is 5.56 Å². The van der Waals surface area contributed by atoms with Gasteiger partial charge in [-0.15, -0.1) is 0 Å². The highest BCUT2D eigenvalue weighted by molar-refractivity contribution is 6.35. The lowest BCUT2D eigenvalue weighted by atomic mass is 10.2. The van der Waals surface area contributed by atoms with Crippen molar-refractivity contribution in [1.29, 1.82) is 5.26 Å². The number of ether oxygens (including phenoxy) is 2. The van der Waals surface area contributed by atoms with E-state index in [9.17, 15) is 26.7 Å². The van der Waals surface area contributed by atoms with Gasteiger partial charge in [-0.05, 0) is 19.9 Å². The second-order valence-corrected chi connectivity index (χ2v) is 8.07. The van der Waals surface area contributed by atoms with Crippen LogP contribution in [0.4, 0.5) is 22.0 Å². The molecule has 0 spiro atoms. The highest BCUT2D eigenvalue weighted by Crippen LogP contribution is 2.46. The van der Waals surface area contributed by atoms with Crippen LogP contribution in [0.3, 0.4) is 0 Å². The first-order valence-corrected chi connectivity index (χ1v) is 10.5. The number of halogens is 7. The van der Waals surface area contributed by atoms with Crippen LogP contribution < -0.4 is 15.0 Å². The Morgan fingerprint density at radius 2 is 1.81 bits per heavy atom.